The highest BCUT2D eigenvalue weighted by Crippen LogP contribution is 2.34. The molecule has 3 rings (SSSR count). The molecule has 20 heavy (non-hydrogen) atoms. The van der Waals surface area contributed by atoms with Gasteiger partial charge in [0.1, 0.15) is 0 Å². The monoisotopic (exact) mass is 294 g/mol. The fourth-order valence-electron chi connectivity index (χ4n) is 2.83. The Morgan fingerprint density at radius 2 is 2.05 bits per heavy atom. The van der Waals surface area contributed by atoms with E-state index in [1.54, 1.807) is 0 Å². The molecule has 0 aromatic heterocycles. The Kier molecular flexibility index (Phi) is 4.49. The largest absolute Gasteiger partial charge is 0.395 e. The second kappa shape index (κ2) is 6.33. The molecule has 0 radical (unpaired) electrons. The molecular formula is C16H23ClN2O. The molecule has 0 saturated heterocycles. The fraction of sp³-hybridized carbons (Fsp3) is 0.625. The van der Waals surface area contributed by atoms with Gasteiger partial charge in [-0.1, -0.05) is 17.7 Å². The summed E-state index contributed by atoms with van der Waals surface area (Å²) in [6.07, 6.45) is 6.30. The van der Waals surface area contributed by atoms with E-state index >= 15 is 0 Å². The van der Waals surface area contributed by atoms with Crippen molar-refractivity contribution in [2.75, 3.05) is 18.1 Å². The number of rotatable bonds is 7. The van der Waals surface area contributed by atoms with Crippen LogP contribution in [0.1, 0.15) is 37.7 Å². The van der Waals surface area contributed by atoms with Gasteiger partial charge in [0.2, 0.25) is 0 Å². The number of hydrogen-bond acceptors (Lipinski definition) is 3. The molecule has 0 heterocycles. The molecule has 3 nitrogen and oxygen atoms in total. The normalized spacial score (nSPS) is 18.9. The van der Waals surface area contributed by atoms with Crippen molar-refractivity contribution in [2.45, 2.75) is 50.7 Å². The van der Waals surface area contributed by atoms with E-state index in [4.69, 9.17) is 11.6 Å². The van der Waals surface area contributed by atoms with E-state index in [0.717, 1.165) is 11.6 Å². The molecule has 0 aliphatic heterocycles. The molecule has 0 bridgehead atoms. The zero-order valence-electron chi connectivity index (χ0n) is 11.8. The van der Waals surface area contributed by atoms with Crippen molar-refractivity contribution in [2.24, 2.45) is 0 Å². The SMILES string of the molecule is OCCN(c1cccc(Cl)c1CNC1CC1)C1CCC1. The number of nitrogens with one attached hydrogen (secondary N) is 1. The summed E-state index contributed by atoms with van der Waals surface area (Å²) in [5.74, 6) is 0. The van der Waals surface area contributed by atoms with Crippen LogP contribution in [0.15, 0.2) is 18.2 Å². The number of benzene rings is 1. The lowest BCUT2D eigenvalue weighted by molar-refractivity contribution is 0.283. The lowest BCUT2D eigenvalue weighted by Gasteiger charge is -2.40. The number of halogens is 1. The van der Waals surface area contributed by atoms with Crippen molar-refractivity contribution in [1.82, 2.24) is 5.32 Å². The maximum atomic E-state index is 9.36. The lowest BCUT2D eigenvalue weighted by Crippen LogP contribution is -2.42. The third-order valence-corrected chi connectivity index (χ3v) is 4.76. The van der Waals surface area contributed by atoms with Crippen LogP contribution in [0.5, 0.6) is 0 Å². The van der Waals surface area contributed by atoms with Gasteiger partial charge in [0, 0.05) is 41.4 Å². The van der Waals surface area contributed by atoms with E-state index in [9.17, 15) is 5.11 Å². The van der Waals surface area contributed by atoms with Crippen molar-refractivity contribution in [3.8, 4) is 0 Å². The van der Waals surface area contributed by atoms with Crippen molar-refractivity contribution in [3.63, 3.8) is 0 Å². The van der Waals surface area contributed by atoms with Gasteiger partial charge in [0.25, 0.3) is 0 Å². The minimum Gasteiger partial charge on any atom is -0.395 e. The van der Waals surface area contributed by atoms with Gasteiger partial charge < -0.3 is 15.3 Å². The Morgan fingerprint density at radius 3 is 2.65 bits per heavy atom. The number of anilines is 1. The molecule has 0 atom stereocenters. The summed E-state index contributed by atoms with van der Waals surface area (Å²) in [6.45, 7) is 1.72. The Morgan fingerprint density at radius 1 is 1.25 bits per heavy atom. The van der Waals surface area contributed by atoms with Crippen molar-refractivity contribution < 1.29 is 5.11 Å². The highest BCUT2D eigenvalue weighted by molar-refractivity contribution is 6.31. The Hall–Kier alpha value is -0.770. The van der Waals surface area contributed by atoms with Crippen molar-refractivity contribution >= 4 is 17.3 Å². The summed E-state index contributed by atoms with van der Waals surface area (Å²) < 4.78 is 0. The third kappa shape index (κ3) is 3.11. The maximum absolute atomic E-state index is 9.36. The van der Waals surface area contributed by atoms with Gasteiger partial charge in [-0.3, -0.25) is 0 Å². The first-order valence-electron chi connectivity index (χ1n) is 7.68. The van der Waals surface area contributed by atoms with Crippen LogP contribution >= 0.6 is 11.6 Å². The summed E-state index contributed by atoms with van der Waals surface area (Å²) in [7, 11) is 0. The molecule has 1 aromatic rings. The van der Waals surface area contributed by atoms with Crippen LogP contribution in [-0.2, 0) is 6.54 Å². The average molecular weight is 295 g/mol. The van der Waals surface area contributed by atoms with E-state index in [0.29, 0.717) is 18.6 Å². The first-order chi connectivity index (χ1) is 9.79. The molecule has 4 heteroatoms. The molecule has 1 aromatic carbocycles. The minimum absolute atomic E-state index is 0.193. The second-order valence-electron chi connectivity index (χ2n) is 5.89. The predicted octanol–water partition coefficient (Wildman–Crippen LogP) is 2.94. The zero-order valence-corrected chi connectivity index (χ0v) is 12.6. The van der Waals surface area contributed by atoms with E-state index in [1.165, 1.54) is 43.4 Å². The second-order valence-corrected chi connectivity index (χ2v) is 6.30. The number of aliphatic hydroxyl groups is 1. The van der Waals surface area contributed by atoms with E-state index < -0.39 is 0 Å². The highest BCUT2D eigenvalue weighted by atomic mass is 35.5. The molecule has 2 aliphatic carbocycles. The van der Waals surface area contributed by atoms with Crippen LogP contribution in [0.25, 0.3) is 0 Å². The number of nitrogens with zero attached hydrogens (tertiary/aromatic N) is 1. The van der Waals surface area contributed by atoms with Gasteiger partial charge in [-0.25, -0.2) is 0 Å². The fourth-order valence-corrected chi connectivity index (χ4v) is 3.07. The Bertz CT molecular complexity index is 458. The van der Waals surface area contributed by atoms with Crippen molar-refractivity contribution in [1.29, 1.82) is 0 Å². The van der Waals surface area contributed by atoms with Gasteiger partial charge in [-0.2, -0.15) is 0 Å². The van der Waals surface area contributed by atoms with Gasteiger partial charge >= 0.3 is 0 Å². The van der Waals surface area contributed by atoms with E-state index in [2.05, 4.69) is 16.3 Å². The summed E-state index contributed by atoms with van der Waals surface area (Å²) in [4.78, 5) is 2.35. The molecule has 2 N–H and O–H groups in total. The standard InChI is InChI=1S/C16H23ClN2O/c17-15-5-2-6-16(14(15)11-18-12-7-8-12)19(9-10-20)13-3-1-4-13/h2,5-6,12-13,18,20H,1,3-4,7-11H2. The van der Waals surface area contributed by atoms with E-state index in [-0.39, 0.29) is 6.61 Å². The maximum Gasteiger partial charge on any atom is 0.0606 e. The van der Waals surface area contributed by atoms with E-state index in [1.807, 2.05) is 12.1 Å². The summed E-state index contributed by atoms with van der Waals surface area (Å²) in [5.41, 5.74) is 2.38. The molecule has 0 unspecified atom stereocenters. The van der Waals surface area contributed by atoms with Crippen LogP contribution in [0.2, 0.25) is 5.02 Å². The van der Waals surface area contributed by atoms with Gasteiger partial charge in [-0.15, -0.1) is 0 Å². The first-order valence-corrected chi connectivity index (χ1v) is 8.05. The van der Waals surface area contributed by atoms with Crippen LogP contribution in [0, 0.1) is 0 Å². The molecule has 0 amide bonds. The van der Waals surface area contributed by atoms with Crippen molar-refractivity contribution in [3.05, 3.63) is 28.8 Å². The van der Waals surface area contributed by atoms with Crippen LogP contribution in [0.3, 0.4) is 0 Å². The molecular weight excluding hydrogens is 272 g/mol. The third-order valence-electron chi connectivity index (χ3n) is 4.40. The Labute approximate surface area is 125 Å². The molecule has 110 valence electrons. The topological polar surface area (TPSA) is 35.5 Å². The van der Waals surface area contributed by atoms with Gasteiger partial charge in [0.15, 0.2) is 0 Å². The summed E-state index contributed by atoms with van der Waals surface area (Å²) in [6, 6.07) is 7.37. The highest BCUT2D eigenvalue weighted by Gasteiger charge is 2.27. The van der Waals surface area contributed by atoms with Crippen LogP contribution in [0.4, 0.5) is 5.69 Å². The molecule has 2 aliphatic rings. The average Bonchev–Trinajstić information content (AvgIpc) is 3.18. The molecule has 0 spiro atoms. The molecule has 2 fully saturated rings. The Balaban J connectivity index is 1.82. The summed E-state index contributed by atoms with van der Waals surface area (Å²) in [5, 5.41) is 13.7. The minimum atomic E-state index is 0.193. The predicted molar refractivity (Wildman–Crippen MR) is 83.4 cm³/mol. The smallest absolute Gasteiger partial charge is 0.0606 e. The lowest BCUT2D eigenvalue weighted by atomic mass is 9.90. The first kappa shape index (κ1) is 14.2. The molecule has 2 saturated carbocycles. The van der Waals surface area contributed by atoms with Gasteiger partial charge in [-0.05, 0) is 44.2 Å². The quantitative estimate of drug-likeness (QED) is 0.812. The summed E-state index contributed by atoms with van der Waals surface area (Å²) >= 11 is 6.41. The number of hydrogen-bond donors (Lipinski definition) is 2. The zero-order chi connectivity index (χ0) is 13.9. The van der Waals surface area contributed by atoms with Crippen LogP contribution < -0.4 is 10.2 Å². The van der Waals surface area contributed by atoms with Gasteiger partial charge in [0.05, 0.1) is 6.61 Å². The van der Waals surface area contributed by atoms with Crippen LogP contribution in [-0.4, -0.2) is 30.3 Å². The number of aliphatic hydroxyl groups excluding tert-OH is 1.